The molecule has 1 unspecified atom stereocenters. The normalized spacial score (nSPS) is 22.2. The van der Waals surface area contributed by atoms with Crippen molar-refractivity contribution in [2.45, 2.75) is 39.7 Å². The van der Waals surface area contributed by atoms with Crippen molar-refractivity contribution in [1.82, 2.24) is 19.6 Å². The molecule has 1 atom stereocenters. The van der Waals surface area contributed by atoms with E-state index in [9.17, 15) is 9.59 Å². The van der Waals surface area contributed by atoms with Gasteiger partial charge in [-0.3, -0.25) is 19.4 Å². The van der Waals surface area contributed by atoms with Gasteiger partial charge in [0.15, 0.2) is 0 Å². The van der Waals surface area contributed by atoms with Crippen molar-refractivity contribution >= 4 is 11.8 Å². The molecule has 0 bridgehead atoms. The zero-order valence-corrected chi connectivity index (χ0v) is 16.7. The number of likely N-dealkylation sites (tertiary alicyclic amines) is 1. The summed E-state index contributed by atoms with van der Waals surface area (Å²) in [7, 11) is 3.63. The lowest BCUT2D eigenvalue weighted by Gasteiger charge is -2.43. The Balaban J connectivity index is 1.74. The first-order chi connectivity index (χ1) is 11.8. The SMILES string of the molecule is CC(C)C(C)C(=O)N1CCN(C2CCN(CC(=O)N(C)C)CC2)CC1. The maximum absolute atomic E-state index is 12.5. The van der Waals surface area contributed by atoms with Crippen LogP contribution in [0.2, 0.25) is 0 Å². The third-order valence-electron chi connectivity index (χ3n) is 5.95. The van der Waals surface area contributed by atoms with Crippen molar-refractivity contribution in [3.8, 4) is 0 Å². The third-order valence-corrected chi connectivity index (χ3v) is 5.95. The monoisotopic (exact) mass is 352 g/mol. The quantitative estimate of drug-likeness (QED) is 0.740. The minimum Gasteiger partial charge on any atom is -0.348 e. The number of carbonyl (C=O) groups is 2. The van der Waals surface area contributed by atoms with Gasteiger partial charge in [0.25, 0.3) is 0 Å². The number of carbonyl (C=O) groups excluding carboxylic acids is 2. The highest BCUT2D eigenvalue weighted by atomic mass is 16.2. The molecule has 2 saturated heterocycles. The Labute approximate surface area is 153 Å². The Morgan fingerprint density at radius 1 is 0.960 bits per heavy atom. The van der Waals surface area contributed by atoms with E-state index in [0.717, 1.165) is 52.1 Å². The van der Waals surface area contributed by atoms with Crippen LogP contribution in [0.5, 0.6) is 0 Å². The van der Waals surface area contributed by atoms with E-state index >= 15 is 0 Å². The van der Waals surface area contributed by atoms with E-state index in [1.807, 2.05) is 25.9 Å². The van der Waals surface area contributed by atoms with Crippen molar-refractivity contribution in [1.29, 1.82) is 0 Å². The van der Waals surface area contributed by atoms with E-state index in [-0.39, 0.29) is 11.8 Å². The van der Waals surface area contributed by atoms with Gasteiger partial charge in [0.2, 0.25) is 11.8 Å². The second-order valence-electron chi connectivity index (χ2n) is 8.19. The Morgan fingerprint density at radius 3 is 2.00 bits per heavy atom. The van der Waals surface area contributed by atoms with E-state index in [4.69, 9.17) is 0 Å². The predicted octanol–water partition coefficient (Wildman–Crippen LogP) is 0.975. The first kappa shape index (κ1) is 20.2. The van der Waals surface area contributed by atoms with Gasteiger partial charge < -0.3 is 9.80 Å². The van der Waals surface area contributed by atoms with Crippen LogP contribution in [0.25, 0.3) is 0 Å². The fraction of sp³-hybridized carbons (Fsp3) is 0.895. The molecule has 6 nitrogen and oxygen atoms in total. The van der Waals surface area contributed by atoms with Crippen LogP contribution in [0.1, 0.15) is 33.6 Å². The molecule has 0 aliphatic carbocycles. The molecule has 0 aromatic carbocycles. The summed E-state index contributed by atoms with van der Waals surface area (Å²) in [5, 5.41) is 0. The molecule has 2 fully saturated rings. The summed E-state index contributed by atoms with van der Waals surface area (Å²) >= 11 is 0. The van der Waals surface area contributed by atoms with Crippen molar-refractivity contribution in [2.75, 3.05) is 59.9 Å². The first-order valence-electron chi connectivity index (χ1n) is 9.75. The molecule has 2 rings (SSSR count). The molecule has 2 heterocycles. The van der Waals surface area contributed by atoms with Crippen LogP contribution in [0.15, 0.2) is 0 Å². The summed E-state index contributed by atoms with van der Waals surface area (Å²) in [6.45, 7) is 12.5. The van der Waals surface area contributed by atoms with Crippen molar-refractivity contribution < 1.29 is 9.59 Å². The van der Waals surface area contributed by atoms with Gasteiger partial charge in [0.1, 0.15) is 0 Å². The molecule has 144 valence electrons. The Bertz CT molecular complexity index is 450. The van der Waals surface area contributed by atoms with Gasteiger partial charge in [-0.25, -0.2) is 0 Å². The van der Waals surface area contributed by atoms with Crippen molar-refractivity contribution in [2.24, 2.45) is 11.8 Å². The second-order valence-corrected chi connectivity index (χ2v) is 8.19. The van der Waals surface area contributed by atoms with E-state index in [1.54, 1.807) is 4.90 Å². The highest BCUT2D eigenvalue weighted by Crippen LogP contribution is 2.20. The van der Waals surface area contributed by atoms with Gasteiger partial charge >= 0.3 is 0 Å². The number of piperidine rings is 1. The average Bonchev–Trinajstić information content (AvgIpc) is 2.61. The van der Waals surface area contributed by atoms with Gasteiger partial charge in [-0.15, -0.1) is 0 Å². The second kappa shape index (κ2) is 8.99. The van der Waals surface area contributed by atoms with Crippen LogP contribution in [0.3, 0.4) is 0 Å². The predicted molar refractivity (Wildman–Crippen MR) is 100 cm³/mol. The van der Waals surface area contributed by atoms with Crippen LogP contribution in [0.4, 0.5) is 0 Å². The molecular formula is C19H36N4O2. The van der Waals surface area contributed by atoms with Crippen LogP contribution in [-0.4, -0.2) is 97.4 Å². The number of likely N-dealkylation sites (N-methyl/N-ethyl adjacent to an activating group) is 1. The molecule has 0 radical (unpaired) electrons. The molecule has 25 heavy (non-hydrogen) atoms. The van der Waals surface area contributed by atoms with E-state index in [1.165, 1.54) is 0 Å². The molecule has 2 aliphatic rings. The zero-order valence-electron chi connectivity index (χ0n) is 16.7. The highest BCUT2D eigenvalue weighted by Gasteiger charge is 2.31. The summed E-state index contributed by atoms with van der Waals surface area (Å²) < 4.78 is 0. The lowest BCUT2D eigenvalue weighted by Crippen LogP contribution is -2.55. The van der Waals surface area contributed by atoms with Gasteiger partial charge in [-0.05, 0) is 18.8 Å². The van der Waals surface area contributed by atoms with Crippen LogP contribution in [-0.2, 0) is 9.59 Å². The lowest BCUT2D eigenvalue weighted by molar-refractivity contribution is -0.138. The maximum atomic E-state index is 12.5. The molecule has 2 amide bonds. The van der Waals surface area contributed by atoms with Gasteiger partial charge in [-0.2, -0.15) is 0 Å². The summed E-state index contributed by atoms with van der Waals surface area (Å²) in [6, 6.07) is 0.602. The van der Waals surface area contributed by atoms with Crippen molar-refractivity contribution in [3.63, 3.8) is 0 Å². The molecule has 2 aliphatic heterocycles. The van der Waals surface area contributed by atoms with Crippen LogP contribution >= 0.6 is 0 Å². The Hall–Kier alpha value is -1.14. The number of piperazine rings is 1. The summed E-state index contributed by atoms with van der Waals surface area (Å²) in [4.78, 5) is 32.9. The first-order valence-corrected chi connectivity index (χ1v) is 9.75. The molecule has 0 spiro atoms. The number of hydrogen-bond acceptors (Lipinski definition) is 4. The van der Waals surface area contributed by atoms with Crippen LogP contribution in [0, 0.1) is 11.8 Å². The topological polar surface area (TPSA) is 47.1 Å². The molecular weight excluding hydrogens is 316 g/mol. The molecule has 6 heteroatoms. The molecule has 0 N–H and O–H groups in total. The smallest absolute Gasteiger partial charge is 0.236 e. The molecule has 0 saturated carbocycles. The van der Waals surface area contributed by atoms with E-state index in [0.29, 0.717) is 24.4 Å². The number of hydrogen-bond donors (Lipinski definition) is 0. The minimum absolute atomic E-state index is 0.115. The lowest BCUT2D eigenvalue weighted by atomic mass is 9.96. The standard InChI is InChI=1S/C19H36N4O2/c1-15(2)16(3)19(25)23-12-10-22(11-13-23)17-6-8-21(9-7-17)14-18(24)20(4)5/h15-17H,6-14H2,1-5H3. The average molecular weight is 353 g/mol. The molecule has 0 aromatic rings. The van der Waals surface area contributed by atoms with E-state index in [2.05, 4.69) is 23.6 Å². The zero-order chi connectivity index (χ0) is 18.6. The Kier molecular flexibility index (Phi) is 7.25. The summed E-state index contributed by atoms with van der Waals surface area (Å²) in [5.74, 6) is 1.01. The van der Waals surface area contributed by atoms with E-state index < -0.39 is 0 Å². The number of rotatable bonds is 5. The largest absolute Gasteiger partial charge is 0.348 e. The van der Waals surface area contributed by atoms with Crippen molar-refractivity contribution in [3.05, 3.63) is 0 Å². The third kappa shape index (κ3) is 5.42. The van der Waals surface area contributed by atoms with Crippen LogP contribution < -0.4 is 0 Å². The van der Waals surface area contributed by atoms with Gasteiger partial charge in [-0.1, -0.05) is 20.8 Å². The Morgan fingerprint density at radius 2 is 1.52 bits per heavy atom. The maximum Gasteiger partial charge on any atom is 0.236 e. The summed E-state index contributed by atoms with van der Waals surface area (Å²) in [5.41, 5.74) is 0. The summed E-state index contributed by atoms with van der Waals surface area (Å²) in [6.07, 6.45) is 2.24. The minimum atomic E-state index is 0.115. The highest BCUT2D eigenvalue weighted by molar-refractivity contribution is 5.79. The number of nitrogens with zero attached hydrogens (tertiary/aromatic N) is 4. The number of amides is 2. The fourth-order valence-corrected chi connectivity index (χ4v) is 3.66. The molecule has 0 aromatic heterocycles. The van der Waals surface area contributed by atoms with Gasteiger partial charge in [0.05, 0.1) is 6.54 Å². The fourth-order valence-electron chi connectivity index (χ4n) is 3.66. The van der Waals surface area contributed by atoms with Gasteiger partial charge in [0, 0.05) is 65.3 Å².